The van der Waals surface area contributed by atoms with E-state index in [-0.39, 0.29) is 11.3 Å². The maximum atomic E-state index is 12.3. The predicted molar refractivity (Wildman–Crippen MR) is 90.9 cm³/mol. The summed E-state index contributed by atoms with van der Waals surface area (Å²) in [4.78, 5) is 22.5. The molecule has 116 valence electrons. The molecule has 3 aromatic carbocycles. The summed E-state index contributed by atoms with van der Waals surface area (Å²) in [6.45, 7) is 0. The van der Waals surface area contributed by atoms with E-state index in [2.05, 4.69) is 0 Å². The molecule has 5 nitrogen and oxygen atoms in total. The van der Waals surface area contributed by atoms with Crippen LogP contribution < -0.4 is 4.74 Å². The number of hydrogen-bond acceptors (Lipinski definition) is 4. The summed E-state index contributed by atoms with van der Waals surface area (Å²) in [5.41, 5.74) is 2.39. The Morgan fingerprint density at radius 2 is 1.62 bits per heavy atom. The molecule has 5 heteroatoms. The molecular weight excluding hydrogens is 306 g/mol. The fraction of sp³-hybridized carbons (Fsp3) is 0. The molecule has 0 amide bonds. The van der Waals surface area contributed by atoms with Gasteiger partial charge in [0.25, 0.3) is 5.69 Å². The lowest BCUT2D eigenvalue weighted by Gasteiger charge is -2.09. The van der Waals surface area contributed by atoms with Gasteiger partial charge in [0.1, 0.15) is 5.75 Å². The van der Waals surface area contributed by atoms with Crippen LogP contribution in [0.15, 0.2) is 54.6 Å². The fourth-order valence-corrected chi connectivity index (χ4v) is 2.86. The summed E-state index contributed by atoms with van der Waals surface area (Å²) in [6.07, 6.45) is 4.05. The molecule has 24 heavy (non-hydrogen) atoms. The highest BCUT2D eigenvalue weighted by molar-refractivity contribution is 6.07. The van der Waals surface area contributed by atoms with E-state index < -0.39 is 10.9 Å². The lowest BCUT2D eigenvalue weighted by Crippen LogP contribution is -2.08. The first-order valence-corrected chi connectivity index (χ1v) is 7.34. The van der Waals surface area contributed by atoms with Gasteiger partial charge in [-0.15, -0.1) is 0 Å². The Labute approximate surface area is 136 Å². The highest BCUT2D eigenvalue weighted by Gasteiger charge is 2.16. The van der Waals surface area contributed by atoms with Crippen LogP contribution in [0.25, 0.3) is 22.9 Å². The molecule has 0 N–H and O–H groups in total. The van der Waals surface area contributed by atoms with Crippen LogP contribution in [0, 0.1) is 10.1 Å². The molecule has 0 atom stereocenters. The first-order chi connectivity index (χ1) is 11.6. The summed E-state index contributed by atoms with van der Waals surface area (Å²) in [5, 5.41) is 12.6. The number of ether oxygens (including phenoxy) is 1. The SMILES string of the molecule is O=C(Oc1ccc2c3c(cccc13)C=C2)c1ccc([N+](=O)[O-])cc1. The Morgan fingerprint density at radius 1 is 0.917 bits per heavy atom. The number of non-ortho nitro benzene ring substituents is 1. The van der Waals surface area contributed by atoms with Gasteiger partial charge in [-0.05, 0) is 34.7 Å². The third-order valence-electron chi connectivity index (χ3n) is 4.02. The van der Waals surface area contributed by atoms with Gasteiger partial charge in [0, 0.05) is 17.5 Å². The van der Waals surface area contributed by atoms with Crippen molar-refractivity contribution in [3.63, 3.8) is 0 Å². The molecule has 0 aliphatic heterocycles. The maximum absolute atomic E-state index is 12.3. The van der Waals surface area contributed by atoms with Crippen molar-refractivity contribution < 1.29 is 14.5 Å². The van der Waals surface area contributed by atoms with E-state index in [9.17, 15) is 14.9 Å². The van der Waals surface area contributed by atoms with Gasteiger partial charge < -0.3 is 4.74 Å². The lowest BCUT2D eigenvalue weighted by molar-refractivity contribution is -0.384. The summed E-state index contributed by atoms with van der Waals surface area (Å²) in [6, 6.07) is 14.9. The van der Waals surface area contributed by atoms with E-state index >= 15 is 0 Å². The van der Waals surface area contributed by atoms with Gasteiger partial charge in [-0.25, -0.2) is 4.79 Å². The van der Waals surface area contributed by atoms with Crippen molar-refractivity contribution in [2.75, 3.05) is 0 Å². The minimum atomic E-state index is -0.545. The van der Waals surface area contributed by atoms with Crippen LogP contribution in [0.2, 0.25) is 0 Å². The first-order valence-electron chi connectivity index (χ1n) is 7.34. The number of esters is 1. The highest BCUT2D eigenvalue weighted by atomic mass is 16.6. The summed E-state index contributed by atoms with van der Waals surface area (Å²) in [5.74, 6) is -0.0702. The number of nitrogens with zero attached hydrogens (tertiary/aromatic N) is 1. The summed E-state index contributed by atoms with van der Waals surface area (Å²) in [7, 11) is 0. The van der Waals surface area contributed by atoms with Crippen LogP contribution in [0.1, 0.15) is 21.5 Å². The van der Waals surface area contributed by atoms with Crippen molar-refractivity contribution in [1.29, 1.82) is 0 Å². The second kappa shape index (κ2) is 5.31. The number of hydrogen-bond donors (Lipinski definition) is 0. The molecule has 3 aromatic rings. The normalized spacial score (nSPS) is 11.7. The molecule has 0 aromatic heterocycles. The number of benzene rings is 3. The van der Waals surface area contributed by atoms with E-state index in [1.165, 1.54) is 24.3 Å². The van der Waals surface area contributed by atoms with Crippen LogP contribution in [0.5, 0.6) is 5.75 Å². The standard InChI is InChI=1S/C19H11NO4/c21-19(14-6-9-15(10-7-14)20(22)23)24-17-11-8-13-5-4-12-2-1-3-16(17)18(12)13/h1-11H. The van der Waals surface area contributed by atoms with Gasteiger partial charge in [0.15, 0.2) is 0 Å². The fourth-order valence-electron chi connectivity index (χ4n) is 2.86. The third kappa shape index (κ3) is 2.23. The highest BCUT2D eigenvalue weighted by Crippen LogP contribution is 2.36. The van der Waals surface area contributed by atoms with Crippen molar-refractivity contribution in [2.45, 2.75) is 0 Å². The van der Waals surface area contributed by atoms with E-state index in [1.807, 2.05) is 36.4 Å². The number of carbonyl (C=O) groups excluding carboxylic acids is 1. The Morgan fingerprint density at radius 3 is 2.33 bits per heavy atom. The lowest BCUT2D eigenvalue weighted by atomic mass is 10.0. The molecule has 1 aliphatic carbocycles. The van der Waals surface area contributed by atoms with Crippen LogP contribution >= 0.6 is 0 Å². The molecule has 0 radical (unpaired) electrons. The van der Waals surface area contributed by atoms with Crippen molar-refractivity contribution in [3.05, 3.63) is 81.4 Å². The Hall–Kier alpha value is -3.47. The van der Waals surface area contributed by atoms with Crippen LogP contribution in [-0.4, -0.2) is 10.9 Å². The van der Waals surface area contributed by atoms with Crippen molar-refractivity contribution >= 4 is 34.6 Å². The Bertz CT molecular complexity index is 1010. The Kier molecular flexibility index (Phi) is 3.13. The molecule has 0 fully saturated rings. The smallest absolute Gasteiger partial charge is 0.343 e. The average molecular weight is 317 g/mol. The van der Waals surface area contributed by atoms with Gasteiger partial charge in [0.05, 0.1) is 10.5 Å². The minimum absolute atomic E-state index is 0.0667. The summed E-state index contributed by atoms with van der Waals surface area (Å²) < 4.78 is 5.52. The van der Waals surface area contributed by atoms with Crippen LogP contribution in [-0.2, 0) is 0 Å². The predicted octanol–water partition coefficient (Wildman–Crippen LogP) is 4.45. The zero-order valence-corrected chi connectivity index (χ0v) is 12.4. The van der Waals surface area contributed by atoms with Crippen LogP contribution in [0.4, 0.5) is 5.69 Å². The van der Waals surface area contributed by atoms with Crippen molar-refractivity contribution in [2.24, 2.45) is 0 Å². The van der Waals surface area contributed by atoms with E-state index in [0.29, 0.717) is 5.75 Å². The van der Waals surface area contributed by atoms with Gasteiger partial charge in [-0.2, -0.15) is 0 Å². The Balaban J connectivity index is 1.68. The molecule has 0 heterocycles. The number of carbonyl (C=O) groups is 1. The molecule has 0 bridgehead atoms. The average Bonchev–Trinajstić information content (AvgIpc) is 3.02. The molecule has 0 unspecified atom stereocenters. The van der Waals surface area contributed by atoms with Crippen LogP contribution in [0.3, 0.4) is 0 Å². The number of nitro groups is 1. The van der Waals surface area contributed by atoms with Gasteiger partial charge in [-0.3, -0.25) is 10.1 Å². The molecule has 4 rings (SSSR count). The quantitative estimate of drug-likeness (QED) is 0.242. The summed E-state index contributed by atoms with van der Waals surface area (Å²) >= 11 is 0. The van der Waals surface area contributed by atoms with Crippen molar-refractivity contribution in [3.8, 4) is 5.75 Å². The largest absolute Gasteiger partial charge is 0.422 e. The molecule has 0 spiro atoms. The molecular formula is C19H11NO4. The molecule has 0 saturated carbocycles. The van der Waals surface area contributed by atoms with Gasteiger partial charge in [0.2, 0.25) is 0 Å². The van der Waals surface area contributed by atoms with Gasteiger partial charge in [-0.1, -0.05) is 36.4 Å². The van der Waals surface area contributed by atoms with E-state index in [0.717, 1.165) is 21.9 Å². The minimum Gasteiger partial charge on any atom is -0.422 e. The second-order valence-electron chi connectivity index (χ2n) is 5.45. The second-order valence-corrected chi connectivity index (χ2v) is 5.45. The first kappa shape index (κ1) is 14.1. The zero-order chi connectivity index (χ0) is 16.7. The van der Waals surface area contributed by atoms with Crippen molar-refractivity contribution in [1.82, 2.24) is 0 Å². The van der Waals surface area contributed by atoms with E-state index in [1.54, 1.807) is 6.07 Å². The molecule has 0 saturated heterocycles. The monoisotopic (exact) mass is 317 g/mol. The zero-order valence-electron chi connectivity index (χ0n) is 12.4. The van der Waals surface area contributed by atoms with E-state index in [4.69, 9.17) is 4.74 Å². The number of nitro benzene ring substituents is 1. The number of rotatable bonds is 3. The molecule has 1 aliphatic rings. The van der Waals surface area contributed by atoms with Gasteiger partial charge >= 0.3 is 5.97 Å². The topological polar surface area (TPSA) is 69.4 Å². The third-order valence-corrected chi connectivity index (χ3v) is 4.02. The maximum Gasteiger partial charge on any atom is 0.343 e.